The monoisotopic (exact) mass is 281 g/mol. The van der Waals surface area contributed by atoms with Crippen molar-refractivity contribution in [3.05, 3.63) is 40.4 Å². The van der Waals surface area contributed by atoms with Crippen LogP contribution in [0.4, 0.5) is 5.69 Å². The summed E-state index contributed by atoms with van der Waals surface area (Å²) in [5.41, 5.74) is 2.41. The molecule has 19 heavy (non-hydrogen) atoms. The van der Waals surface area contributed by atoms with E-state index in [2.05, 4.69) is 5.32 Å². The van der Waals surface area contributed by atoms with Crippen molar-refractivity contribution in [1.82, 2.24) is 0 Å². The molecule has 0 aromatic heterocycles. The second kappa shape index (κ2) is 6.95. The Kier molecular flexibility index (Phi) is 5.57. The van der Waals surface area contributed by atoms with Crippen LogP contribution in [0.15, 0.2) is 24.3 Å². The molecule has 0 unspecified atom stereocenters. The van der Waals surface area contributed by atoms with Gasteiger partial charge in [-0.2, -0.15) is 0 Å². The predicted molar refractivity (Wildman–Crippen MR) is 75.3 cm³/mol. The lowest BCUT2D eigenvalue weighted by atomic mass is 10.1. The molecule has 0 bridgehead atoms. The number of anilines is 1. The average Bonchev–Trinajstić information content (AvgIpc) is 2.31. The number of hydrogen-bond acceptors (Lipinski definition) is 3. The second-order valence-corrected chi connectivity index (χ2v) is 4.50. The number of rotatable bonds is 4. The van der Waals surface area contributed by atoms with E-state index < -0.39 is 11.9 Å². The number of carbonyl (C=O) groups excluding carboxylic acids is 2. The van der Waals surface area contributed by atoms with Gasteiger partial charge in [0.2, 0.25) is 0 Å². The number of hydrogen-bond donors (Lipinski definition) is 1. The van der Waals surface area contributed by atoms with Gasteiger partial charge in [0.05, 0.1) is 10.7 Å². The molecule has 1 amide bonds. The molecule has 0 heterocycles. The summed E-state index contributed by atoms with van der Waals surface area (Å²) >= 11 is 6.06. The van der Waals surface area contributed by atoms with Crippen molar-refractivity contribution >= 4 is 29.2 Å². The summed E-state index contributed by atoms with van der Waals surface area (Å²) in [6.45, 7) is 5.12. The standard InChI is InChI=1S/C14H16ClNO3/c1-4-5-13(18)19-8-12(17)16-14-10(3)6-9(2)7-11(14)15/h4-7H,8H2,1-3H3,(H,16,17)/b5-4+. The summed E-state index contributed by atoms with van der Waals surface area (Å²) in [7, 11) is 0. The molecule has 0 aliphatic carbocycles. The Labute approximate surface area is 117 Å². The average molecular weight is 282 g/mol. The topological polar surface area (TPSA) is 55.4 Å². The molecule has 0 fully saturated rings. The lowest BCUT2D eigenvalue weighted by Crippen LogP contribution is -2.20. The number of ether oxygens (including phenoxy) is 1. The molecule has 1 rings (SSSR count). The van der Waals surface area contributed by atoms with E-state index in [9.17, 15) is 9.59 Å². The molecule has 0 saturated heterocycles. The zero-order chi connectivity index (χ0) is 14.4. The Morgan fingerprint density at radius 1 is 1.37 bits per heavy atom. The summed E-state index contributed by atoms with van der Waals surface area (Å²) in [5, 5.41) is 3.09. The van der Waals surface area contributed by atoms with Crippen LogP contribution in [-0.4, -0.2) is 18.5 Å². The molecular weight excluding hydrogens is 266 g/mol. The summed E-state index contributed by atoms with van der Waals surface area (Å²) in [6, 6.07) is 3.67. The molecule has 1 aromatic rings. The minimum Gasteiger partial charge on any atom is -0.452 e. The number of esters is 1. The Bertz CT molecular complexity index is 500. The highest BCUT2D eigenvalue weighted by molar-refractivity contribution is 6.34. The molecule has 1 N–H and O–H groups in total. The first kappa shape index (κ1) is 15.2. The third-order valence-corrected chi connectivity index (χ3v) is 2.64. The highest BCUT2D eigenvalue weighted by Gasteiger charge is 2.10. The van der Waals surface area contributed by atoms with E-state index in [1.54, 1.807) is 19.1 Å². The third kappa shape index (κ3) is 4.75. The molecular formula is C14H16ClNO3. The maximum Gasteiger partial charge on any atom is 0.330 e. The normalized spacial score (nSPS) is 10.5. The predicted octanol–water partition coefficient (Wildman–Crippen LogP) is 3.01. The number of amides is 1. The number of halogens is 1. The third-order valence-electron chi connectivity index (χ3n) is 2.34. The van der Waals surface area contributed by atoms with Gasteiger partial charge >= 0.3 is 5.97 Å². The maximum absolute atomic E-state index is 11.6. The zero-order valence-electron chi connectivity index (χ0n) is 11.1. The first-order valence-corrected chi connectivity index (χ1v) is 6.18. The van der Waals surface area contributed by atoms with Crippen LogP contribution < -0.4 is 5.32 Å². The quantitative estimate of drug-likeness (QED) is 0.682. The van der Waals surface area contributed by atoms with E-state index in [0.717, 1.165) is 11.1 Å². The van der Waals surface area contributed by atoms with E-state index in [0.29, 0.717) is 10.7 Å². The van der Waals surface area contributed by atoms with Crippen LogP contribution in [0.5, 0.6) is 0 Å². The number of nitrogens with one attached hydrogen (secondary N) is 1. The van der Waals surface area contributed by atoms with Crippen molar-refractivity contribution in [3.63, 3.8) is 0 Å². The fourth-order valence-electron chi connectivity index (χ4n) is 1.57. The zero-order valence-corrected chi connectivity index (χ0v) is 11.9. The number of allylic oxidation sites excluding steroid dienone is 1. The fourth-order valence-corrected chi connectivity index (χ4v) is 1.94. The van der Waals surface area contributed by atoms with Crippen molar-refractivity contribution in [2.45, 2.75) is 20.8 Å². The summed E-state index contributed by atoms with van der Waals surface area (Å²) in [5.74, 6) is -0.976. The van der Waals surface area contributed by atoms with E-state index >= 15 is 0 Å². The van der Waals surface area contributed by atoms with Crippen LogP contribution in [0.2, 0.25) is 5.02 Å². The van der Waals surface area contributed by atoms with Crippen molar-refractivity contribution < 1.29 is 14.3 Å². The Hall–Kier alpha value is -1.81. The van der Waals surface area contributed by atoms with E-state index in [1.807, 2.05) is 19.9 Å². The molecule has 0 spiro atoms. The number of aryl methyl sites for hydroxylation is 2. The molecule has 0 radical (unpaired) electrons. The van der Waals surface area contributed by atoms with Crippen molar-refractivity contribution in [1.29, 1.82) is 0 Å². The fraction of sp³-hybridized carbons (Fsp3) is 0.286. The molecule has 1 aromatic carbocycles. The summed E-state index contributed by atoms with van der Waals surface area (Å²) in [4.78, 5) is 22.7. The van der Waals surface area contributed by atoms with Gasteiger partial charge in [0, 0.05) is 6.08 Å². The van der Waals surface area contributed by atoms with Crippen LogP contribution >= 0.6 is 11.6 Å². The van der Waals surface area contributed by atoms with Gasteiger partial charge in [-0.1, -0.05) is 23.7 Å². The van der Waals surface area contributed by atoms with E-state index in [1.165, 1.54) is 6.08 Å². The van der Waals surface area contributed by atoms with Crippen LogP contribution in [0.1, 0.15) is 18.1 Å². The highest BCUT2D eigenvalue weighted by Crippen LogP contribution is 2.27. The number of benzene rings is 1. The first-order valence-electron chi connectivity index (χ1n) is 5.80. The highest BCUT2D eigenvalue weighted by atomic mass is 35.5. The van der Waals surface area contributed by atoms with Crippen molar-refractivity contribution in [2.24, 2.45) is 0 Å². The number of carbonyl (C=O) groups is 2. The van der Waals surface area contributed by atoms with Gasteiger partial charge in [0.1, 0.15) is 0 Å². The molecule has 4 nitrogen and oxygen atoms in total. The molecule has 0 aliphatic rings. The van der Waals surface area contributed by atoms with Crippen LogP contribution in [0.25, 0.3) is 0 Å². The Morgan fingerprint density at radius 3 is 2.63 bits per heavy atom. The Morgan fingerprint density at radius 2 is 2.05 bits per heavy atom. The smallest absolute Gasteiger partial charge is 0.330 e. The van der Waals surface area contributed by atoms with Gasteiger partial charge in [-0.3, -0.25) is 4.79 Å². The summed E-state index contributed by atoms with van der Waals surface area (Å²) < 4.78 is 4.74. The minimum absolute atomic E-state index is 0.340. The van der Waals surface area contributed by atoms with Gasteiger partial charge in [-0.15, -0.1) is 0 Å². The van der Waals surface area contributed by atoms with Gasteiger partial charge in [-0.05, 0) is 38.0 Å². The molecule has 102 valence electrons. The lowest BCUT2D eigenvalue weighted by molar-refractivity contribution is -0.142. The van der Waals surface area contributed by atoms with Gasteiger partial charge in [0.15, 0.2) is 6.61 Å². The molecule has 0 atom stereocenters. The molecule has 5 heteroatoms. The minimum atomic E-state index is -0.552. The SMILES string of the molecule is C/C=C/C(=O)OCC(=O)Nc1c(C)cc(C)cc1Cl. The van der Waals surface area contributed by atoms with Crippen molar-refractivity contribution in [3.8, 4) is 0 Å². The van der Waals surface area contributed by atoms with Gasteiger partial charge < -0.3 is 10.1 Å². The molecule has 0 aliphatic heterocycles. The second-order valence-electron chi connectivity index (χ2n) is 4.09. The lowest BCUT2D eigenvalue weighted by Gasteiger charge is -2.11. The Balaban J connectivity index is 2.65. The van der Waals surface area contributed by atoms with Gasteiger partial charge in [0.25, 0.3) is 5.91 Å². The van der Waals surface area contributed by atoms with Crippen molar-refractivity contribution in [2.75, 3.05) is 11.9 Å². The first-order chi connectivity index (χ1) is 8.93. The van der Waals surface area contributed by atoms with E-state index in [4.69, 9.17) is 16.3 Å². The van der Waals surface area contributed by atoms with E-state index in [-0.39, 0.29) is 6.61 Å². The van der Waals surface area contributed by atoms with Crippen LogP contribution in [-0.2, 0) is 14.3 Å². The van der Waals surface area contributed by atoms with Gasteiger partial charge in [-0.25, -0.2) is 4.79 Å². The molecule has 0 saturated carbocycles. The van der Waals surface area contributed by atoms with Crippen LogP contribution in [0.3, 0.4) is 0 Å². The summed E-state index contributed by atoms with van der Waals surface area (Å²) in [6.07, 6.45) is 2.79. The largest absolute Gasteiger partial charge is 0.452 e. The maximum atomic E-state index is 11.6. The van der Waals surface area contributed by atoms with Crippen LogP contribution in [0, 0.1) is 13.8 Å².